The lowest BCUT2D eigenvalue weighted by atomic mass is 10.1. The number of ether oxygens (including phenoxy) is 2. The number of anilines is 1. The molecule has 0 radical (unpaired) electrons. The van der Waals surface area contributed by atoms with Crippen LogP contribution in [-0.2, 0) is 6.42 Å². The van der Waals surface area contributed by atoms with Gasteiger partial charge in [0.2, 0.25) is 0 Å². The molecule has 0 aliphatic carbocycles. The number of hydrogen-bond acceptors (Lipinski definition) is 7. The SMILES string of the molecule is COc1cc(C(=O)NCCCc2ccc(N3CCN(C)CC3)cc2)c([N+](=O)[O-])cc1OC. The molecule has 0 spiro atoms. The molecule has 0 aromatic heterocycles. The number of aryl methyl sites for hydroxylation is 1. The van der Waals surface area contributed by atoms with Crippen LogP contribution in [0.25, 0.3) is 0 Å². The Morgan fingerprint density at radius 1 is 1.06 bits per heavy atom. The standard InChI is InChI=1S/C23H30N4O5/c1-25-11-13-26(14-12-25)18-8-6-17(7-9-18)5-4-10-24-23(28)19-15-21(31-2)22(32-3)16-20(19)27(29)30/h6-9,15-16H,4-5,10-14H2,1-3H3,(H,24,28). The van der Waals surface area contributed by atoms with Gasteiger partial charge in [-0.2, -0.15) is 0 Å². The number of hydrogen-bond donors (Lipinski definition) is 1. The molecule has 172 valence electrons. The number of nitro benzene ring substituents is 1. The third-order valence-corrected chi connectivity index (χ3v) is 5.68. The molecule has 1 aliphatic rings. The van der Waals surface area contributed by atoms with E-state index < -0.39 is 10.8 Å². The summed E-state index contributed by atoms with van der Waals surface area (Å²) >= 11 is 0. The van der Waals surface area contributed by atoms with E-state index in [0.29, 0.717) is 6.54 Å². The van der Waals surface area contributed by atoms with E-state index in [1.165, 1.54) is 37.6 Å². The largest absolute Gasteiger partial charge is 0.493 e. The molecule has 0 saturated carbocycles. The van der Waals surface area contributed by atoms with Gasteiger partial charge in [0, 0.05) is 44.5 Å². The molecule has 0 atom stereocenters. The Labute approximate surface area is 188 Å². The molecule has 9 heteroatoms. The molecule has 1 fully saturated rings. The lowest BCUT2D eigenvalue weighted by molar-refractivity contribution is -0.385. The summed E-state index contributed by atoms with van der Waals surface area (Å²) in [4.78, 5) is 28.1. The zero-order chi connectivity index (χ0) is 23.1. The number of carbonyl (C=O) groups excluding carboxylic acids is 1. The minimum absolute atomic E-state index is 0.0517. The zero-order valence-electron chi connectivity index (χ0n) is 18.8. The summed E-state index contributed by atoms with van der Waals surface area (Å²) in [7, 11) is 4.95. The lowest BCUT2D eigenvalue weighted by Crippen LogP contribution is -2.44. The van der Waals surface area contributed by atoms with Crippen molar-refractivity contribution in [2.24, 2.45) is 0 Å². The maximum absolute atomic E-state index is 12.6. The Kier molecular flexibility index (Phi) is 7.88. The maximum Gasteiger partial charge on any atom is 0.286 e. The van der Waals surface area contributed by atoms with E-state index in [0.717, 1.165) is 39.0 Å². The molecular weight excluding hydrogens is 412 g/mol. The predicted molar refractivity (Wildman–Crippen MR) is 123 cm³/mol. The van der Waals surface area contributed by atoms with E-state index in [2.05, 4.69) is 46.4 Å². The van der Waals surface area contributed by atoms with Crippen LogP contribution in [-0.4, -0.2) is 69.7 Å². The maximum atomic E-state index is 12.6. The van der Waals surface area contributed by atoms with Crippen molar-refractivity contribution in [3.05, 3.63) is 57.6 Å². The van der Waals surface area contributed by atoms with Crippen LogP contribution in [0.3, 0.4) is 0 Å². The summed E-state index contributed by atoms with van der Waals surface area (Å²) < 4.78 is 10.3. The van der Waals surface area contributed by atoms with Gasteiger partial charge >= 0.3 is 0 Å². The number of amides is 1. The highest BCUT2D eigenvalue weighted by Gasteiger charge is 2.24. The highest BCUT2D eigenvalue weighted by atomic mass is 16.6. The third-order valence-electron chi connectivity index (χ3n) is 5.68. The van der Waals surface area contributed by atoms with Crippen LogP contribution in [0.15, 0.2) is 36.4 Å². The van der Waals surface area contributed by atoms with Gasteiger partial charge in [-0.3, -0.25) is 14.9 Å². The van der Waals surface area contributed by atoms with Gasteiger partial charge in [-0.1, -0.05) is 12.1 Å². The van der Waals surface area contributed by atoms with Crippen LogP contribution in [0.5, 0.6) is 11.5 Å². The van der Waals surface area contributed by atoms with Crippen molar-refractivity contribution in [2.45, 2.75) is 12.8 Å². The average molecular weight is 443 g/mol. The average Bonchev–Trinajstić information content (AvgIpc) is 2.81. The molecule has 2 aromatic carbocycles. The highest BCUT2D eigenvalue weighted by Crippen LogP contribution is 2.34. The van der Waals surface area contributed by atoms with Crippen LogP contribution >= 0.6 is 0 Å². The first-order valence-electron chi connectivity index (χ1n) is 10.6. The van der Waals surface area contributed by atoms with Crippen LogP contribution in [0.4, 0.5) is 11.4 Å². The molecule has 1 heterocycles. The normalized spacial score (nSPS) is 14.2. The number of nitro groups is 1. The number of methoxy groups -OCH3 is 2. The van der Waals surface area contributed by atoms with Crippen molar-refractivity contribution in [1.82, 2.24) is 10.2 Å². The number of rotatable bonds is 9. The summed E-state index contributed by atoms with van der Waals surface area (Å²) in [6, 6.07) is 11.1. The molecule has 32 heavy (non-hydrogen) atoms. The fourth-order valence-electron chi connectivity index (χ4n) is 3.73. The van der Waals surface area contributed by atoms with Gasteiger partial charge in [0.1, 0.15) is 5.56 Å². The Balaban J connectivity index is 1.53. The number of likely N-dealkylation sites (N-methyl/N-ethyl adjacent to an activating group) is 1. The van der Waals surface area contributed by atoms with Crippen molar-refractivity contribution in [3.63, 3.8) is 0 Å². The van der Waals surface area contributed by atoms with E-state index in [9.17, 15) is 14.9 Å². The monoisotopic (exact) mass is 442 g/mol. The second kappa shape index (κ2) is 10.8. The Morgan fingerprint density at radius 2 is 1.69 bits per heavy atom. The molecule has 0 unspecified atom stereocenters. The Bertz CT molecular complexity index is 940. The van der Waals surface area contributed by atoms with Gasteiger partial charge in [0.05, 0.1) is 25.2 Å². The fourth-order valence-corrected chi connectivity index (χ4v) is 3.73. The van der Waals surface area contributed by atoms with E-state index in [-0.39, 0.29) is 22.7 Å². The molecule has 1 saturated heterocycles. The Morgan fingerprint density at radius 3 is 2.28 bits per heavy atom. The van der Waals surface area contributed by atoms with Gasteiger partial charge in [0.15, 0.2) is 11.5 Å². The van der Waals surface area contributed by atoms with Gasteiger partial charge in [-0.05, 0) is 37.6 Å². The van der Waals surface area contributed by atoms with Crippen molar-refractivity contribution < 1.29 is 19.2 Å². The van der Waals surface area contributed by atoms with Gasteiger partial charge in [0.25, 0.3) is 11.6 Å². The quantitative estimate of drug-likeness (QED) is 0.362. The van der Waals surface area contributed by atoms with Crippen molar-refractivity contribution in [2.75, 3.05) is 58.9 Å². The summed E-state index contributed by atoms with van der Waals surface area (Å²) in [5, 5.41) is 14.2. The zero-order valence-corrected chi connectivity index (χ0v) is 18.8. The molecular formula is C23H30N4O5. The number of carbonyl (C=O) groups is 1. The highest BCUT2D eigenvalue weighted by molar-refractivity contribution is 5.99. The van der Waals surface area contributed by atoms with Crippen LogP contribution in [0, 0.1) is 10.1 Å². The minimum Gasteiger partial charge on any atom is -0.493 e. The molecule has 9 nitrogen and oxygen atoms in total. The second-order valence-electron chi connectivity index (χ2n) is 7.80. The molecule has 1 aliphatic heterocycles. The van der Waals surface area contributed by atoms with Crippen LogP contribution in [0.1, 0.15) is 22.3 Å². The predicted octanol–water partition coefficient (Wildman–Crippen LogP) is 2.73. The molecule has 2 aromatic rings. The summed E-state index contributed by atoms with van der Waals surface area (Å²) in [5.41, 5.74) is 2.05. The van der Waals surface area contributed by atoms with Gasteiger partial charge in [-0.15, -0.1) is 0 Å². The summed E-state index contributed by atoms with van der Waals surface area (Å²) in [6.45, 7) is 4.61. The third kappa shape index (κ3) is 5.67. The first-order chi connectivity index (χ1) is 15.4. The van der Waals surface area contributed by atoms with Gasteiger partial charge in [-0.25, -0.2) is 0 Å². The van der Waals surface area contributed by atoms with Gasteiger partial charge < -0.3 is 24.6 Å². The first-order valence-corrected chi connectivity index (χ1v) is 10.6. The van der Waals surface area contributed by atoms with Crippen LogP contribution < -0.4 is 19.7 Å². The second-order valence-corrected chi connectivity index (χ2v) is 7.80. The van der Waals surface area contributed by atoms with E-state index in [4.69, 9.17) is 9.47 Å². The van der Waals surface area contributed by atoms with Crippen LogP contribution in [0.2, 0.25) is 0 Å². The topological polar surface area (TPSA) is 97.2 Å². The lowest BCUT2D eigenvalue weighted by Gasteiger charge is -2.34. The fraction of sp³-hybridized carbons (Fsp3) is 0.435. The summed E-state index contributed by atoms with van der Waals surface area (Å²) in [5.74, 6) is -0.0393. The molecule has 1 amide bonds. The molecule has 3 rings (SSSR count). The first kappa shape index (κ1) is 23.3. The van der Waals surface area contributed by atoms with E-state index in [1.807, 2.05) is 0 Å². The number of nitrogens with one attached hydrogen (secondary N) is 1. The number of benzene rings is 2. The minimum atomic E-state index is -0.598. The summed E-state index contributed by atoms with van der Waals surface area (Å²) in [6.07, 6.45) is 1.53. The number of nitrogens with zero attached hydrogens (tertiary/aromatic N) is 3. The Hall–Kier alpha value is -3.33. The van der Waals surface area contributed by atoms with E-state index in [1.54, 1.807) is 0 Å². The van der Waals surface area contributed by atoms with Crippen molar-refractivity contribution in [3.8, 4) is 11.5 Å². The molecule has 0 bridgehead atoms. The molecule has 1 N–H and O–H groups in total. The smallest absolute Gasteiger partial charge is 0.286 e. The van der Waals surface area contributed by atoms with Crippen molar-refractivity contribution in [1.29, 1.82) is 0 Å². The van der Waals surface area contributed by atoms with E-state index >= 15 is 0 Å². The van der Waals surface area contributed by atoms with Crippen molar-refractivity contribution >= 4 is 17.3 Å². The number of piperazine rings is 1.